The molecule has 0 spiro atoms. The molecule has 5 rings (SSSR count). The number of aromatic nitrogens is 3. The van der Waals surface area contributed by atoms with Gasteiger partial charge in [0, 0.05) is 49.9 Å². The zero-order valence-electron chi connectivity index (χ0n) is 24.1. The van der Waals surface area contributed by atoms with Crippen molar-refractivity contribution in [3.8, 4) is 28.9 Å². The van der Waals surface area contributed by atoms with Gasteiger partial charge in [-0.2, -0.15) is 4.98 Å². The number of fused-ring (bicyclic) bond motifs is 1. The summed E-state index contributed by atoms with van der Waals surface area (Å²) >= 11 is 0. The van der Waals surface area contributed by atoms with Crippen LogP contribution in [0.25, 0.3) is 10.9 Å². The predicted octanol–water partition coefficient (Wildman–Crippen LogP) is 4.35. The molecule has 2 aromatic heterocycles. The van der Waals surface area contributed by atoms with Crippen LogP contribution in [-0.2, 0) is 11.3 Å². The topological polar surface area (TPSA) is 111 Å². The maximum absolute atomic E-state index is 12.5. The summed E-state index contributed by atoms with van der Waals surface area (Å²) in [6, 6.07) is 11.4. The predicted molar refractivity (Wildman–Crippen MR) is 157 cm³/mol. The third-order valence-electron chi connectivity index (χ3n) is 7.27. The van der Waals surface area contributed by atoms with Gasteiger partial charge in [-0.25, -0.2) is 9.97 Å². The highest BCUT2D eigenvalue weighted by molar-refractivity contribution is 5.95. The zero-order valence-corrected chi connectivity index (χ0v) is 24.1. The molecule has 0 unspecified atom stereocenters. The van der Waals surface area contributed by atoms with E-state index in [1.807, 2.05) is 55.1 Å². The van der Waals surface area contributed by atoms with Gasteiger partial charge in [0.15, 0.2) is 0 Å². The second-order valence-electron chi connectivity index (χ2n) is 9.81. The molecule has 41 heavy (non-hydrogen) atoms. The molecule has 1 saturated heterocycles. The standard InChI is InChI=1S/C30H34N6O5/c1-18-7-10-23(39-5)19(2)28(18)41-30-27-22(14-25(34-30)36-12-11-35(3)26(37)16-36)32-17-33-29(27)31-15-20-8-9-21(38-4)13-24(20)40-6/h7-10,13-14,17H,11-12,15-16H2,1-6H3,(H,31,32,33). The molecule has 0 aliphatic carbocycles. The maximum atomic E-state index is 12.5. The lowest BCUT2D eigenvalue weighted by Gasteiger charge is -2.33. The van der Waals surface area contributed by atoms with Gasteiger partial charge in [-0.1, -0.05) is 6.07 Å². The minimum atomic E-state index is 0.0265. The van der Waals surface area contributed by atoms with Crippen LogP contribution in [0, 0.1) is 13.8 Å². The summed E-state index contributed by atoms with van der Waals surface area (Å²) < 4.78 is 23.0. The van der Waals surface area contributed by atoms with Crippen molar-refractivity contribution in [2.24, 2.45) is 0 Å². The van der Waals surface area contributed by atoms with E-state index in [9.17, 15) is 4.79 Å². The SMILES string of the molecule is COc1ccc(CNc2ncnc3cc(N4CCN(C)C(=O)C4)nc(Oc4c(C)ccc(OC)c4C)c23)c(OC)c1. The molecular weight excluding hydrogens is 524 g/mol. The molecule has 1 amide bonds. The summed E-state index contributed by atoms with van der Waals surface area (Å²) in [6.45, 7) is 5.80. The number of hydrogen-bond donors (Lipinski definition) is 1. The summed E-state index contributed by atoms with van der Waals surface area (Å²) in [7, 11) is 6.67. The summed E-state index contributed by atoms with van der Waals surface area (Å²) in [5.41, 5.74) is 3.32. The first-order chi connectivity index (χ1) is 19.8. The lowest BCUT2D eigenvalue weighted by Crippen LogP contribution is -2.48. The smallest absolute Gasteiger partial charge is 0.241 e. The van der Waals surface area contributed by atoms with Gasteiger partial charge < -0.3 is 34.1 Å². The van der Waals surface area contributed by atoms with Crippen molar-refractivity contribution in [3.63, 3.8) is 0 Å². The van der Waals surface area contributed by atoms with Crippen molar-refractivity contribution in [1.29, 1.82) is 0 Å². The molecule has 1 N–H and O–H groups in total. The minimum Gasteiger partial charge on any atom is -0.497 e. The molecular formula is C30H34N6O5. The van der Waals surface area contributed by atoms with E-state index in [0.29, 0.717) is 71.1 Å². The van der Waals surface area contributed by atoms with Crippen LogP contribution in [0.3, 0.4) is 0 Å². The zero-order chi connectivity index (χ0) is 29.1. The normalized spacial score (nSPS) is 13.4. The number of carbonyl (C=O) groups excluding carboxylic acids is 1. The number of methoxy groups -OCH3 is 3. The number of anilines is 2. The number of rotatable bonds is 9. The molecule has 0 saturated carbocycles. The Hall–Kier alpha value is -4.80. The molecule has 0 atom stereocenters. The molecule has 4 aromatic rings. The molecule has 1 aliphatic heterocycles. The van der Waals surface area contributed by atoms with E-state index >= 15 is 0 Å². The quantitative estimate of drug-likeness (QED) is 0.318. The van der Waals surface area contributed by atoms with Gasteiger partial charge in [-0.15, -0.1) is 0 Å². The lowest BCUT2D eigenvalue weighted by molar-refractivity contribution is -0.129. The summed E-state index contributed by atoms with van der Waals surface area (Å²) in [4.78, 5) is 30.2. The van der Waals surface area contributed by atoms with Crippen LogP contribution >= 0.6 is 0 Å². The van der Waals surface area contributed by atoms with Crippen LogP contribution in [0.15, 0.2) is 42.7 Å². The summed E-state index contributed by atoms with van der Waals surface area (Å²) in [5.74, 6) is 4.24. The average molecular weight is 559 g/mol. The molecule has 0 radical (unpaired) electrons. The van der Waals surface area contributed by atoms with E-state index in [2.05, 4.69) is 15.3 Å². The molecule has 11 heteroatoms. The van der Waals surface area contributed by atoms with Gasteiger partial charge in [0.1, 0.15) is 46.3 Å². The maximum Gasteiger partial charge on any atom is 0.241 e. The molecule has 3 heterocycles. The number of amides is 1. The number of nitrogens with one attached hydrogen (secondary N) is 1. The van der Waals surface area contributed by atoms with Crippen LogP contribution in [0.5, 0.6) is 28.9 Å². The Morgan fingerprint density at radius 1 is 0.951 bits per heavy atom. The fourth-order valence-electron chi connectivity index (χ4n) is 4.82. The molecule has 2 aromatic carbocycles. The highest BCUT2D eigenvalue weighted by Crippen LogP contribution is 2.39. The Bertz CT molecular complexity index is 1590. The van der Waals surface area contributed by atoms with Gasteiger partial charge in [0.2, 0.25) is 11.8 Å². The van der Waals surface area contributed by atoms with Gasteiger partial charge in [-0.05, 0) is 37.6 Å². The third-order valence-corrected chi connectivity index (χ3v) is 7.27. The second kappa shape index (κ2) is 11.7. The van der Waals surface area contributed by atoms with Crippen LogP contribution in [-0.4, -0.2) is 73.8 Å². The summed E-state index contributed by atoms with van der Waals surface area (Å²) in [5, 5.41) is 4.03. The summed E-state index contributed by atoms with van der Waals surface area (Å²) in [6.07, 6.45) is 1.50. The van der Waals surface area contributed by atoms with Crippen molar-refractivity contribution in [2.75, 3.05) is 58.2 Å². The van der Waals surface area contributed by atoms with Crippen LogP contribution in [0.1, 0.15) is 16.7 Å². The van der Waals surface area contributed by atoms with Crippen molar-refractivity contribution >= 4 is 28.4 Å². The number of carbonyl (C=O) groups is 1. The van der Waals surface area contributed by atoms with Gasteiger partial charge >= 0.3 is 0 Å². The Kier molecular flexibility index (Phi) is 7.95. The van der Waals surface area contributed by atoms with Crippen LogP contribution in [0.4, 0.5) is 11.6 Å². The number of piperazine rings is 1. The van der Waals surface area contributed by atoms with Gasteiger partial charge in [-0.3, -0.25) is 4.79 Å². The highest BCUT2D eigenvalue weighted by Gasteiger charge is 2.25. The van der Waals surface area contributed by atoms with Crippen LogP contribution < -0.4 is 29.2 Å². The first kappa shape index (κ1) is 27.8. The van der Waals surface area contributed by atoms with Crippen molar-refractivity contribution in [2.45, 2.75) is 20.4 Å². The Morgan fingerprint density at radius 2 is 1.76 bits per heavy atom. The Morgan fingerprint density at radius 3 is 2.49 bits per heavy atom. The van der Waals surface area contributed by atoms with E-state index in [0.717, 1.165) is 16.7 Å². The highest BCUT2D eigenvalue weighted by atomic mass is 16.5. The Balaban J connectivity index is 1.59. The lowest BCUT2D eigenvalue weighted by atomic mass is 10.1. The van der Waals surface area contributed by atoms with Crippen molar-refractivity contribution in [1.82, 2.24) is 19.9 Å². The molecule has 1 aliphatic rings. The molecule has 0 bridgehead atoms. The first-order valence-corrected chi connectivity index (χ1v) is 13.2. The number of pyridine rings is 1. The second-order valence-corrected chi connectivity index (χ2v) is 9.81. The minimum absolute atomic E-state index is 0.0265. The number of likely N-dealkylation sites (N-methyl/N-ethyl adjacent to an activating group) is 1. The molecule has 214 valence electrons. The van der Waals surface area contributed by atoms with Crippen molar-refractivity contribution in [3.05, 3.63) is 59.4 Å². The van der Waals surface area contributed by atoms with E-state index in [4.69, 9.17) is 23.9 Å². The van der Waals surface area contributed by atoms with E-state index in [1.54, 1.807) is 33.3 Å². The third kappa shape index (κ3) is 5.60. The fourth-order valence-corrected chi connectivity index (χ4v) is 4.82. The first-order valence-electron chi connectivity index (χ1n) is 13.2. The number of ether oxygens (including phenoxy) is 4. The van der Waals surface area contributed by atoms with Gasteiger partial charge in [0.05, 0.1) is 33.4 Å². The van der Waals surface area contributed by atoms with E-state index < -0.39 is 0 Å². The average Bonchev–Trinajstić information content (AvgIpc) is 2.99. The number of nitrogens with zero attached hydrogens (tertiary/aromatic N) is 5. The largest absolute Gasteiger partial charge is 0.497 e. The number of aryl methyl sites for hydroxylation is 1. The Labute approximate surface area is 239 Å². The molecule has 1 fully saturated rings. The van der Waals surface area contributed by atoms with Gasteiger partial charge in [0.25, 0.3) is 0 Å². The number of benzene rings is 2. The van der Waals surface area contributed by atoms with Crippen molar-refractivity contribution < 1.29 is 23.7 Å². The van der Waals surface area contributed by atoms with E-state index in [-0.39, 0.29) is 12.5 Å². The fraction of sp³-hybridized carbons (Fsp3) is 0.333. The molecule has 11 nitrogen and oxygen atoms in total. The van der Waals surface area contributed by atoms with E-state index in [1.165, 1.54) is 6.33 Å². The number of hydrogen-bond acceptors (Lipinski definition) is 10. The monoisotopic (exact) mass is 558 g/mol. The van der Waals surface area contributed by atoms with Crippen LogP contribution in [0.2, 0.25) is 0 Å².